The van der Waals surface area contributed by atoms with Gasteiger partial charge >= 0.3 is 5.97 Å². The summed E-state index contributed by atoms with van der Waals surface area (Å²) in [6, 6.07) is 8.06. The van der Waals surface area contributed by atoms with Crippen molar-refractivity contribution in [1.82, 2.24) is 14.9 Å². The van der Waals surface area contributed by atoms with Crippen LogP contribution in [0.4, 0.5) is 0 Å². The fraction of sp³-hybridized carbons (Fsp3) is 0.548. The highest BCUT2D eigenvalue weighted by Crippen LogP contribution is 2.41. The number of likely N-dealkylation sites (tertiary alicyclic amines) is 1. The number of nitrogens with zero attached hydrogens (tertiary/aromatic N) is 3. The van der Waals surface area contributed by atoms with Gasteiger partial charge in [-0.15, -0.1) is 0 Å². The molecule has 6 heteroatoms. The van der Waals surface area contributed by atoms with Crippen LogP contribution in [0.15, 0.2) is 42.7 Å². The Morgan fingerprint density at radius 2 is 1.65 bits per heavy atom. The molecule has 0 radical (unpaired) electrons. The van der Waals surface area contributed by atoms with Crippen molar-refractivity contribution in [1.29, 1.82) is 0 Å². The van der Waals surface area contributed by atoms with Gasteiger partial charge < -0.3 is 10.0 Å². The fourth-order valence-corrected chi connectivity index (χ4v) is 6.32. The van der Waals surface area contributed by atoms with Gasteiger partial charge in [0.25, 0.3) is 0 Å². The molecule has 2 aromatic rings. The van der Waals surface area contributed by atoms with E-state index in [0.717, 1.165) is 40.9 Å². The normalized spacial score (nSPS) is 24.3. The first-order valence-corrected chi connectivity index (χ1v) is 14.1. The van der Waals surface area contributed by atoms with Crippen LogP contribution in [-0.2, 0) is 16.0 Å². The number of aromatic nitrogens is 2. The van der Waals surface area contributed by atoms with Crippen LogP contribution < -0.4 is 0 Å². The maximum absolute atomic E-state index is 12.2. The molecule has 196 valence electrons. The van der Waals surface area contributed by atoms with Crippen LogP contribution in [0.25, 0.3) is 17.0 Å². The lowest BCUT2D eigenvalue weighted by Crippen LogP contribution is -2.53. The summed E-state index contributed by atoms with van der Waals surface area (Å²) in [5.74, 6) is 2.24. The fourth-order valence-electron chi connectivity index (χ4n) is 6.32. The number of carboxylic acid groups (broad SMARTS) is 1. The summed E-state index contributed by atoms with van der Waals surface area (Å²) in [5, 5.41) is 8.96. The van der Waals surface area contributed by atoms with E-state index in [4.69, 9.17) is 5.11 Å². The third-order valence-corrected chi connectivity index (χ3v) is 9.03. The summed E-state index contributed by atoms with van der Waals surface area (Å²) in [7, 11) is 0. The van der Waals surface area contributed by atoms with E-state index in [0.29, 0.717) is 31.8 Å². The first-order chi connectivity index (χ1) is 18.0. The molecule has 1 aromatic carbocycles. The molecule has 1 atom stereocenters. The van der Waals surface area contributed by atoms with Gasteiger partial charge in [0, 0.05) is 43.0 Å². The Hall–Kier alpha value is -3.02. The highest BCUT2D eigenvalue weighted by Gasteiger charge is 2.35. The Bertz CT molecular complexity index is 1110. The molecule has 6 nitrogen and oxygen atoms in total. The minimum atomic E-state index is -0.821. The molecule has 1 amide bonds. The van der Waals surface area contributed by atoms with Gasteiger partial charge in [0.1, 0.15) is 0 Å². The molecule has 1 saturated heterocycles. The number of aryl methyl sites for hydroxylation is 1. The van der Waals surface area contributed by atoms with E-state index in [9.17, 15) is 9.59 Å². The van der Waals surface area contributed by atoms with Crippen LogP contribution in [0.3, 0.4) is 0 Å². The van der Waals surface area contributed by atoms with E-state index in [1.54, 1.807) is 4.90 Å². The largest absolute Gasteiger partial charge is 0.481 e. The number of hydrogen-bond donors (Lipinski definition) is 1. The predicted octanol–water partition coefficient (Wildman–Crippen LogP) is 6.02. The van der Waals surface area contributed by atoms with E-state index < -0.39 is 11.9 Å². The molecule has 1 unspecified atom stereocenters. The van der Waals surface area contributed by atoms with E-state index in [2.05, 4.69) is 23.0 Å². The molecule has 2 aliphatic carbocycles. The quantitative estimate of drug-likeness (QED) is 0.478. The molecular formula is C31H39N3O3. The second kappa shape index (κ2) is 11.6. The van der Waals surface area contributed by atoms with E-state index in [1.807, 2.05) is 36.7 Å². The average Bonchev–Trinajstić information content (AvgIpc) is 2.91. The maximum atomic E-state index is 12.2. The van der Waals surface area contributed by atoms with E-state index in [-0.39, 0.29) is 5.91 Å². The Morgan fingerprint density at radius 3 is 2.24 bits per heavy atom. The van der Waals surface area contributed by atoms with Gasteiger partial charge in [0.15, 0.2) is 5.82 Å². The van der Waals surface area contributed by atoms with Crippen molar-refractivity contribution in [3.05, 3.63) is 53.9 Å². The number of aliphatic carboxylic acids is 1. The highest BCUT2D eigenvalue weighted by atomic mass is 16.4. The smallest absolute Gasteiger partial charge is 0.310 e. The van der Waals surface area contributed by atoms with Crippen molar-refractivity contribution >= 4 is 17.4 Å². The van der Waals surface area contributed by atoms with Crippen molar-refractivity contribution in [3.63, 3.8) is 0 Å². The summed E-state index contributed by atoms with van der Waals surface area (Å²) in [6.07, 6.45) is 18.1. The highest BCUT2D eigenvalue weighted by molar-refractivity contribution is 5.81. The van der Waals surface area contributed by atoms with Crippen LogP contribution >= 0.6 is 0 Å². The molecule has 37 heavy (non-hydrogen) atoms. The summed E-state index contributed by atoms with van der Waals surface area (Å²) < 4.78 is 0. The van der Waals surface area contributed by atoms with Gasteiger partial charge in [-0.2, -0.15) is 0 Å². The predicted molar refractivity (Wildman–Crippen MR) is 145 cm³/mol. The lowest BCUT2D eigenvalue weighted by molar-refractivity contribution is -0.152. The van der Waals surface area contributed by atoms with Crippen molar-refractivity contribution in [3.8, 4) is 11.4 Å². The van der Waals surface area contributed by atoms with Crippen LogP contribution in [-0.4, -0.2) is 44.9 Å². The lowest BCUT2D eigenvalue weighted by Gasteiger charge is -2.36. The van der Waals surface area contributed by atoms with Gasteiger partial charge in [-0.3, -0.25) is 9.59 Å². The molecule has 1 aromatic heterocycles. The van der Waals surface area contributed by atoms with Crippen molar-refractivity contribution in [2.24, 2.45) is 23.7 Å². The molecule has 0 bridgehead atoms. The Morgan fingerprint density at radius 1 is 0.946 bits per heavy atom. The average molecular weight is 502 g/mol. The van der Waals surface area contributed by atoms with Crippen LogP contribution in [0, 0.1) is 23.7 Å². The Balaban J connectivity index is 1.11. The number of hydrogen-bond acceptors (Lipinski definition) is 4. The molecule has 0 spiro atoms. The Labute approximate surface area is 220 Å². The zero-order valence-electron chi connectivity index (χ0n) is 21.9. The van der Waals surface area contributed by atoms with Gasteiger partial charge in [-0.1, -0.05) is 56.5 Å². The van der Waals surface area contributed by atoms with Gasteiger partial charge in [0.2, 0.25) is 5.91 Å². The summed E-state index contributed by atoms with van der Waals surface area (Å²) in [5.41, 5.74) is 4.58. The number of amides is 1. The third kappa shape index (κ3) is 6.11. The van der Waals surface area contributed by atoms with E-state index >= 15 is 0 Å². The minimum absolute atomic E-state index is 0.0210. The number of carboxylic acids is 1. The van der Waals surface area contributed by atoms with Crippen molar-refractivity contribution < 1.29 is 14.7 Å². The maximum Gasteiger partial charge on any atom is 0.310 e. The molecule has 1 aliphatic heterocycles. The number of allylic oxidation sites excluding steroid dienone is 2. The van der Waals surface area contributed by atoms with Gasteiger partial charge in [0.05, 0.1) is 5.92 Å². The van der Waals surface area contributed by atoms with Crippen molar-refractivity contribution in [2.75, 3.05) is 13.1 Å². The molecule has 2 heterocycles. The number of carbonyl (C=O) groups excluding carboxylic acids is 1. The second-order valence-corrected chi connectivity index (χ2v) is 11.3. The number of benzene rings is 1. The zero-order valence-corrected chi connectivity index (χ0v) is 21.9. The van der Waals surface area contributed by atoms with Crippen LogP contribution in [0.2, 0.25) is 0 Å². The number of carbonyl (C=O) groups is 2. The third-order valence-electron chi connectivity index (χ3n) is 9.03. The first kappa shape index (κ1) is 25.6. The van der Waals surface area contributed by atoms with Gasteiger partial charge in [-0.25, -0.2) is 9.97 Å². The van der Waals surface area contributed by atoms with Crippen LogP contribution in [0.1, 0.15) is 75.8 Å². The van der Waals surface area contributed by atoms with Gasteiger partial charge in [-0.05, 0) is 67.4 Å². The minimum Gasteiger partial charge on any atom is -0.481 e. The molecule has 3 aliphatic rings. The lowest BCUT2D eigenvalue weighted by atomic mass is 9.71. The SMILES string of the molecule is CCC1CCC(C2CC=C(c3cnc(-c4ccc(CCC(=O)N5CC(C(=O)O)C5)cc4)nc3)CC2)CC1. The van der Waals surface area contributed by atoms with Crippen molar-refractivity contribution in [2.45, 2.75) is 71.1 Å². The topological polar surface area (TPSA) is 83.4 Å². The zero-order chi connectivity index (χ0) is 25.8. The summed E-state index contributed by atoms with van der Waals surface area (Å²) in [4.78, 5) is 34.1. The molecule has 5 rings (SSSR count). The summed E-state index contributed by atoms with van der Waals surface area (Å²) in [6.45, 7) is 3.00. The summed E-state index contributed by atoms with van der Waals surface area (Å²) >= 11 is 0. The number of rotatable bonds is 8. The molecule has 1 saturated carbocycles. The van der Waals surface area contributed by atoms with Crippen LogP contribution in [0.5, 0.6) is 0 Å². The first-order valence-electron chi connectivity index (χ1n) is 14.1. The molecule has 1 N–H and O–H groups in total. The monoisotopic (exact) mass is 501 g/mol. The standard InChI is InChI=1S/C31H39N3O3/c1-2-21-3-8-23(9-4-21)24-12-14-25(15-13-24)27-17-32-30(33-18-27)26-10-5-22(6-11-26)7-16-29(35)34-19-28(20-34)31(36)37/h5-6,10-11,14,17-18,21,23-24,28H,2-4,7-9,12-13,15-16,19-20H2,1H3,(H,36,37). The molecule has 2 fully saturated rings. The Kier molecular flexibility index (Phi) is 8.02. The van der Waals surface area contributed by atoms with E-state index in [1.165, 1.54) is 50.5 Å². The second-order valence-electron chi connectivity index (χ2n) is 11.3. The molecular weight excluding hydrogens is 462 g/mol.